The van der Waals surface area contributed by atoms with Crippen molar-refractivity contribution < 1.29 is 4.79 Å². The molecule has 0 saturated carbocycles. The van der Waals surface area contributed by atoms with E-state index in [1.165, 1.54) is 5.56 Å². The summed E-state index contributed by atoms with van der Waals surface area (Å²) in [7, 11) is 0. The van der Waals surface area contributed by atoms with E-state index in [1.807, 2.05) is 91.9 Å². The van der Waals surface area contributed by atoms with Crippen LogP contribution in [0.2, 0.25) is 0 Å². The summed E-state index contributed by atoms with van der Waals surface area (Å²) in [5, 5.41) is 7.71. The highest BCUT2D eigenvalue weighted by Crippen LogP contribution is 2.23. The van der Waals surface area contributed by atoms with Crippen molar-refractivity contribution in [2.45, 2.75) is 13.5 Å². The number of aromatic nitrogens is 2. The van der Waals surface area contributed by atoms with E-state index in [4.69, 9.17) is 5.10 Å². The fourth-order valence-electron chi connectivity index (χ4n) is 3.05. The number of carbonyl (C=O) groups is 1. The zero-order chi connectivity index (χ0) is 19.3. The van der Waals surface area contributed by atoms with Gasteiger partial charge >= 0.3 is 0 Å². The van der Waals surface area contributed by atoms with Crippen LogP contribution in [0.25, 0.3) is 16.9 Å². The fourth-order valence-corrected chi connectivity index (χ4v) is 3.05. The maximum Gasteiger partial charge on any atom is 0.255 e. The maximum atomic E-state index is 13.0. The molecule has 0 spiro atoms. The molecule has 0 atom stereocenters. The molecule has 4 aromatic rings. The third-order valence-corrected chi connectivity index (χ3v) is 4.60. The number of nitrogens with one attached hydrogen (secondary N) is 1. The molecule has 0 fully saturated rings. The Balaban J connectivity index is 1.65. The molecule has 1 heterocycles. The molecule has 0 aliphatic rings. The number of rotatable bonds is 5. The predicted molar refractivity (Wildman–Crippen MR) is 111 cm³/mol. The first-order valence-electron chi connectivity index (χ1n) is 9.25. The number of hydrogen-bond acceptors (Lipinski definition) is 2. The number of aryl methyl sites for hydroxylation is 1. The summed E-state index contributed by atoms with van der Waals surface area (Å²) in [4.78, 5) is 13.0. The third-order valence-electron chi connectivity index (χ3n) is 4.60. The van der Waals surface area contributed by atoms with Crippen molar-refractivity contribution in [2.75, 3.05) is 0 Å². The minimum absolute atomic E-state index is 0.137. The van der Waals surface area contributed by atoms with Crippen molar-refractivity contribution in [3.05, 3.63) is 108 Å². The molecule has 0 unspecified atom stereocenters. The summed E-state index contributed by atoms with van der Waals surface area (Å²) in [6.45, 7) is 2.52. The molecule has 4 nitrogen and oxygen atoms in total. The average Bonchev–Trinajstić information content (AvgIpc) is 3.20. The first kappa shape index (κ1) is 17.7. The van der Waals surface area contributed by atoms with Gasteiger partial charge in [-0.2, -0.15) is 5.10 Å². The van der Waals surface area contributed by atoms with E-state index in [0.29, 0.717) is 17.8 Å². The average molecular weight is 367 g/mol. The maximum absolute atomic E-state index is 13.0. The second-order valence-electron chi connectivity index (χ2n) is 6.71. The van der Waals surface area contributed by atoms with Crippen LogP contribution in [0.15, 0.2) is 91.1 Å². The van der Waals surface area contributed by atoms with Crippen molar-refractivity contribution in [1.29, 1.82) is 0 Å². The molecule has 0 aliphatic carbocycles. The van der Waals surface area contributed by atoms with Crippen LogP contribution < -0.4 is 5.32 Å². The monoisotopic (exact) mass is 367 g/mol. The Labute approximate surface area is 164 Å². The molecular formula is C24H21N3O. The Hall–Kier alpha value is -3.66. The number of hydrogen-bond donors (Lipinski definition) is 1. The van der Waals surface area contributed by atoms with Gasteiger partial charge in [-0.25, -0.2) is 4.68 Å². The smallest absolute Gasteiger partial charge is 0.255 e. The van der Waals surface area contributed by atoms with Gasteiger partial charge in [-0.05, 0) is 24.6 Å². The lowest BCUT2D eigenvalue weighted by Gasteiger charge is -2.06. The predicted octanol–water partition coefficient (Wildman–Crippen LogP) is 4.78. The molecule has 0 saturated heterocycles. The van der Waals surface area contributed by atoms with Crippen LogP contribution in [0.1, 0.15) is 21.5 Å². The van der Waals surface area contributed by atoms with Crippen molar-refractivity contribution in [3.8, 4) is 16.9 Å². The molecule has 138 valence electrons. The largest absolute Gasteiger partial charge is 0.348 e. The van der Waals surface area contributed by atoms with Crippen LogP contribution in [0, 0.1) is 6.92 Å². The molecule has 4 rings (SSSR count). The van der Waals surface area contributed by atoms with Gasteiger partial charge in [0, 0.05) is 18.3 Å². The molecule has 1 amide bonds. The zero-order valence-electron chi connectivity index (χ0n) is 15.7. The second-order valence-corrected chi connectivity index (χ2v) is 6.71. The molecule has 0 aliphatic heterocycles. The van der Waals surface area contributed by atoms with Crippen molar-refractivity contribution in [1.82, 2.24) is 15.1 Å². The molecule has 1 N–H and O–H groups in total. The number of para-hydroxylation sites is 1. The minimum atomic E-state index is -0.137. The summed E-state index contributed by atoms with van der Waals surface area (Å²) < 4.78 is 1.75. The van der Waals surface area contributed by atoms with Crippen LogP contribution in [-0.2, 0) is 6.54 Å². The van der Waals surface area contributed by atoms with Gasteiger partial charge in [0.05, 0.1) is 11.3 Å². The first-order valence-corrected chi connectivity index (χ1v) is 9.25. The van der Waals surface area contributed by atoms with Gasteiger partial charge in [0.1, 0.15) is 5.69 Å². The normalized spacial score (nSPS) is 10.6. The van der Waals surface area contributed by atoms with E-state index >= 15 is 0 Å². The van der Waals surface area contributed by atoms with E-state index in [9.17, 15) is 4.79 Å². The van der Waals surface area contributed by atoms with Gasteiger partial charge in [-0.15, -0.1) is 0 Å². The molecule has 0 radical (unpaired) electrons. The number of nitrogens with zero attached hydrogens (tertiary/aromatic N) is 2. The van der Waals surface area contributed by atoms with Gasteiger partial charge in [0.15, 0.2) is 0 Å². The Morgan fingerprint density at radius 1 is 0.893 bits per heavy atom. The molecule has 28 heavy (non-hydrogen) atoms. The lowest BCUT2D eigenvalue weighted by molar-refractivity contribution is 0.0951. The van der Waals surface area contributed by atoms with Crippen LogP contribution in [-0.4, -0.2) is 15.7 Å². The van der Waals surface area contributed by atoms with Crippen molar-refractivity contribution >= 4 is 5.91 Å². The van der Waals surface area contributed by atoms with E-state index in [1.54, 1.807) is 10.9 Å². The standard InChI is InChI=1S/C24H21N3O/c1-18-12-14-19(15-13-18)16-25-24(28)22-17-27(21-10-6-3-7-11-21)26-23(22)20-8-4-2-5-9-20/h2-15,17H,16H2,1H3,(H,25,28). The zero-order valence-corrected chi connectivity index (χ0v) is 15.7. The van der Waals surface area contributed by atoms with E-state index in [-0.39, 0.29) is 5.91 Å². The topological polar surface area (TPSA) is 46.9 Å². The number of benzene rings is 3. The molecule has 0 bridgehead atoms. The summed E-state index contributed by atoms with van der Waals surface area (Å²) in [5.41, 5.74) is 5.32. The lowest BCUT2D eigenvalue weighted by atomic mass is 10.1. The van der Waals surface area contributed by atoms with Gasteiger partial charge in [-0.3, -0.25) is 4.79 Å². The van der Waals surface area contributed by atoms with Gasteiger partial charge in [0.25, 0.3) is 5.91 Å². The highest BCUT2D eigenvalue weighted by atomic mass is 16.1. The van der Waals surface area contributed by atoms with E-state index in [0.717, 1.165) is 16.8 Å². The molecule has 1 aromatic heterocycles. The Bertz CT molecular complexity index is 1070. The number of amides is 1. The minimum Gasteiger partial charge on any atom is -0.348 e. The first-order chi connectivity index (χ1) is 13.7. The quantitative estimate of drug-likeness (QED) is 0.552. The fraction of sp³-hybridized carbons (Fsp3) is 0.0833. The summed E-state index contributed by atoms with van der Waals surface area (Å²) in [6.07, 6.45) is 1.79. The summed E-state index contributed by atoms with van der Waals surface area (Å²) >= 11 is 0. The highest BCUT2D eigenvalue weighted by molar-refractivity contribution is 5.99. The van der Waals surface area contributed by atoms with Crippen LogP contribution in [0.3, 0.4) is 0 Å². The SMILES string of the molecule is Cc1ccc(CNC(=O)c2cn(-c3ccccc3)nc2-c2ccccc2)cc1. The highest BCUT2D eigenvalue weighted by Gasteiger charge is 2.18. The van der Waals surface area contributed by atoms with E-state index in [2.05, 4.69) is 5.32 Å². The van der Waals surface area contributed by atoms with Crippen molar-refractivity contribution in [3.63, 3.8) is 0 Å². The Kier molecular flexibility index (Phi) is 5.02. The Morgan fingerprint density at radius 2 is 1.54 bits per heavy atom. The van der Waals surface area contributed by atoms with Gasteiger partial charge < -0.3 is 5.32 Å². The van der Waals surface area contributed by atoms with E-state index < -0.39 is 0 Å². The lowest BCUT2D eigenvalue weighted by Crippen LogP contribution is -2.23. The van der Waals surface area contributed by atoms with Gasteiger partial charge in [-0.1, -0.05) is 78.4 Å². The molecule has 4 heteroatoms. The van der Waals surface area contributed by atoms with Gasteiger partial charge in [0.2, 0.25) is 0 Å². The van der Waals surface area contributed by atoms with Crippen LogP contribution >= 0.6 is 0 Å². The molecular weight excluding hydrogens is 346 g/mol. The van der Waals surface area contributed by atoms with Crippen molar-refractivity contribution in [2.24, 2.45) is 0 Å². The van der Waals surface area contributed by atoms with Crippen LogP contribution in [0.4, 0.5) is 0 Å². The third kappa shape index (κ3) is 3.86. The summed E-state index contributed by atoms with van der Waals surface area (Å²) in [6, 6.07) is 27.7. The number of carbonyl (C=O) groups excluding carboxylic acids is 1. The Morgan fingerprint density at radius 3 is 2.21 bits per heavy atom. The summed E-state index contributed by atoms with van der Waals surface area (Å²) in [5.74, 6) is -0.137. The van der Waals surface area contributed by atoms with Crippen LogP contribution in [0.5, 0.6) is 0 Å². The second kappa shape index (κ2) is 7.92. The molecule has 3 aromatic carbocycles.